The van der Waals surface area contributed by atoms with Crippen LogP contribution in [0.2, 0.25) is 0 Å². The summed E-state index contributed by atoms with van der Waals surface area (Å²) in [5.74, 6) is 0.205. The van der Waals surface area contributed by atoms with Gasteiger partial charge >= 0.3 is 0 Å². The molecule has 0 bridgehead atoms. The first-order valence-corrected chi connectivity index (χ1v) is 12.5. The SMILES string of the molecule is N#Cc1cc(-c2c[nH]c3ncc(CCCN4CCOCC4)cc23)ccc1O[C@@H]1CCN(C(=O)CO)C1. The average Bonchev–Trinajstić information content (AvgIpc) is 3.56. The Bertz CT molecular complexity index is 1260. The van der Waals surface area contributed by atoms with Crippen molar-refractivity contribution in [1.29, 1.82) is 5.26 Å². The number of fused-ring (bicyclic) bond motifs is 1. The molecule has 0 unspecified atom stereocenters. The fraction of sp³-hybridized carbons (Fsp3) is 0.444. The van der Waals surface area contributed by atoms with Gasteiger partial charge in [0.05, 0.1) is 25.3 Å². The van der Waals surface area contributed by atoms with E-state index in [1.54, 1.807) is 4.90 Å². The van der Waals surface area contributed by atoms with Crippen LogP contribution in [0.25, 0.3) is 22.2 Å². The number of pyridine rings is 1. The summed E-state index contributed by atoms with van der Waals surface area (Å²) >= 11 is 0. The van der Waals surface area contributed by atoms with Gasteiger partial charge in [-0.05, 0) is 48.7 Å². The number of H-pyrrole nitrogens is 1. The Kier molecular flexibility index (Phi) is 7.47. The number of rotatable bonds is 8. The Labute approximate surface area is 210 Å². The molecule has 2 N–H and O–H groups in total. The molecule has 0 aliphatic carbocycles. The van der Waals surface area contributed by atoms with Crippen LogP contribution in [0.1, 0.15) is 24.0 Å². The number of nitrogens with one attached hydrogen (secondary N) is 1. The highest BCUT2D eigenvalue weighted by molar-refractivity contribution is 5.94. The topological polar surface area (TPSA) is 115 Å². The molecule has 36 heavy (non-hydrogen) atoms. The van der Waals surface area contributed by atoms with E-state index in [1.807, 2.05) is 30.6 Å². The number of carbonyl (C=O) groups is 1. The number of nitrogens with zero attached hydrogens (tertiary/aromatic N) is 4. The maximum Gasteiger partial charge on any atom is 0.248 e. The van der Waals surface area contributed by atoms with Gasteiger partial charge in [0.15, 0.2) is 0 Å². The Balaban J connectivity index is 1.29. The van der Waals surface area contributed by atoms with Crippen molar-refractivity contribution in [3.8, 4) is 22.9 Å². The van der Waals surface area contributed by atoms with Crippen LogP contribution >= 0.6 is 0 Å². The van der Waals surface area contributed by atoms with Crippen LogP contribution in [0.5, 0.6) is 5.75 Å². The minimum atomic E-state index is -0.500. The number of morpholine rings is 1. The van der Waals surface area contributed by atoms with E-state index in [1.165, 1.54) is 5.56 Å². The molecule has 2 aromatic heterocycles. The quantitative estimate of drug-likeness (QED) is 0.499. The minimum Gasteiger partial charge on any atom is -0.487 e. The van der Waals surface area contributed by atoms with Crippen LogP contribution < -0.4 is 4.74 Å². The predicted octanol–water partition coefficient (Wildman–Crippen LogP) is 2.34. The number of hydrogen-bond donors (Lipinski definition) is 2. The Hall–Kier alpha value is -3.45. The van der Waals surface area contributed by atoms with E-state index in [-0.39, 0.29) is 12.0 Å². The first-order valence-electron chi connectivity index (χ1n) is 12.5. The van der Waals surface area contributed by atoms with E-state index < -0.39 is 6.61 Å². The smallest absolute Gasteiger partial charge is 0.248 e. The number of benzene rings is 1. The molecule has 2 saturated heterocycles. The molecule has 5 rings (SSSR count). The number of aryl methyl sites for hydroxylation is 1. The Morgan fingerprint density at radius 1 is 1.28 bits per heavy atom. The number of aromatic amines is 1. The maximum atomic E-state index is 11.7. The highest BCUT2D eigenvalue weighted by atomic mass is 16.5. The monoisotopic (exact) mass is 489 g/mol. The molecular formula is C27H31N5O4. The summed E-state index contributed by atoms with van der Waals surface area (Å²) in [5, 5.41) is 19.9. The fourth-order valence-electron chi connectivity index (χ4n) is 4.97. The summed E-state index contributed by atoms with van der Waals surface area (Å²) < 4.78 is 11.5. The van der Waals surface area contributed by atoms with Crippen molar-refractivity contribution in [1.82, 2.24) is 19.8 Å². The van der Waals surface area contributed by atoms with Gasteiger partial charge in [-0.15, -0.1) is 0 Å². The fourth-order valence-corrected chi connectivity index (χ4v) is 4.97. The van der Waals surface area contributed by atoms with Crippen molar-refractivity contribution >= 4 is 16.9 Å². The van der Waals surface area contributed by atoms with Gasteiger partial charge in [-0.3, -0.25) is 9.69 Å². The summed E-state index contributed by atoms with van der Waals surface area (Å²) in [4.78, 5) is 23.6. The predicted molar refractivity (Wildman–Crippen MR) is 135 cm³/mol. The molecule has 0 saturated carbocycles. The zero-order valence-electron chi connectivity index (χ0n) is 20.3. The molecular weight excluding hydrogens is 458 g/mol. The Morgan fingerprint density at radius 2 is 2.14 bits per heavy atom. The molecule has 4 heterocycles. The second-order valence-corrected chi connectivity index (χ2v) is 9.35. The molecule has 0 spiro atoms. The summed E-state index contributed by atoms with van der Waals surface area (Å²) in [6, 6.07) is 10.1. The highest BCUT2D eigenvalue weighted by Crippen LogP contribution is 2.32. The van der Waals surface area contributed by atoms with Crippen LogP contribution in [0.15, 0.2) is 36.7 Å². The largest absolute Gasteiger partial charge is 0.487 e. The first-order chi connectivity index (χ1) is 17.6. The van der Waals surface area contributed by atoms with Crippen molar-refractivity contribution in [3.05, 3.63) is 47.8 Å². The molecule has 2 aliphatic rings. The third kappa shape index (κ3) is 5.36. The van der Waals surface area contributed by atoms with Crippen LogP contribution in [0, 0.1) is 11.3 Å². The number of nitriles is 1. The van der Waals surface area contributed by atoms with Gasteiger partial charge < -0.3 is 24.5 Å². The van der Waals surface area contributed by atoms with E-state index >= 15 is 0 Å². The van der Waals surface area contributed by atoms with Crippen LogP contribution in [-0.2, 0) is 16.0 Å². The van der Waals surface area contributed by atoms with Gasteiger partial charge in [-0.2, -0.15) is 5.26 Å². The van der Waals surface area contributed by atoms with Crippen LogP contribution in [-0.4, -0.2) is 89.4 Å². The van der Waals surface area contributed by atoms with Crippen molar-refractivity contribution in [3.63, 3.8) is 0 Å². The van der Waals surface area contributed by atoms with Crippen molar-refractivity contribution in [2.75, 3.05) is 52.5 Å². The van der Waals surface area contributed by atoms with E-state index in [0.717, 1.165) is 67.8 Å². The van der Waals surface area contributed by atoms with E-state index in [9.17, 15) is 10.1 Å². The third-order valence-corrected chi connectivity index (χ3v) is 6.97. The highest BCUT2D eigenvalue weighted by Gasteiger charge is 2.27. The third-order valence-electron chi connectivity index (χ3n) is 6.97. The number of amides is 1. The van der Waals surface area contributed by atoms with Crippen LogP contribution in [0.4, 0.5) is 0 Å². The normalized spacial score (nSPS) is 18.4. The van der Waals surface area contributed by atoms with Gasteiger partial charge in [0.25, 0.3) is 0 Å². The van der Waals surface area contributed by atoms with Gasteiger partial charge in [0, 0.05) is 49.4 Å². The van der Waals surface area contributed by atoms with E-state index in [2.05, 4.69) is 27.0 Å². The maximum absolute atomic E-state index is 11.7. The van der Waals surface area contributed by atoms with Gasteiger partial charge in [-0.25, -0.2) is 4.98 Å². The van der Waals surface area contributed by atoms with E-state index in [0.29, 0.717) is 30.8 Å². The second-order valence-electron chi connectivity index (χ2n) is 9.35. The number of aliphatic hydroxyl groups excluding tert-OH is 1. The van der Waals surface area contributed by atoms with Crippen molar-refractivity contribution in [2.24, 2.45) is 0 Å². The molecule has 1 amide bonds. The lowest BCUT2D eigenvalue weighted by molar-refractivity contribution is -0.133. The number of likely N-dealkylation sites (tertiary alicyclic amines) is 1. The van der Waals surface area contributed by atoms with Gasteiger partial charge in [-0.1, -0.05) is 6.07 Å². The summed E-state index contributed by atoms with van der Waals surface area (Å²) in [5.41, 5.74) is 4.38. The van der Waals surface area contributed by atoms with Crippen molar-refractivity contribution in [2.45, 2.75) is 25.4 Å². The lowest BCUT2D eigenvalue weighted by Gasteiger charge is -2.26. The molecule has 0 radical (unpaired) electrons. The molecule has 9 heteroatoms. The zero-order valence-corrected chi connectivity index (χ0v) is 20.3. The molecule has 2 aliphatic heterocycles. The van der Waals surface area contributed by atoms with Crippen LogP contribution in [0.3, 0.4) is 0 Å². The number of hydrogen-bond acceptors (Lipinski definition) is 7. The van der Waals surface area contributed by atoms with Gasteiger partial charge in [0.2, 0.25) is 5.91 Å². The number of carbonyl (C=O) groups excluding carboxylic acids is 1. The molecule has 9 nitrogen and oxygen atoms in total. The molecule has 1 aromatic carbocycles. The summed E-state index contributed by atoms with van der Waals surface area (Å²) in [6.07, 6.45) is 6.36. The summed E-state index contributed by atoms with van der Waals surface area (Å²) in [6.45, 7) is 5.14. The number of ether oxygens (including phenoxy) is 2. The molecule has 1 atom stereocenters. The van der Waals surface area contributed by atoms with Crippen molar-refractivity contribution < 1.29 is 19.4 Å². The summed E-state index contributed by atoms with van der Waals surface area (Å²) in [7, 11) is 0. The first kappa shape index (κ1) is 24.3. The van der Waals surface area contributed by atoms with Gasteiger partial charge in [0.1, 0.15) is 30.2 Å². The number of aliphatic hydroxyl groups is 1. The molecule has 3 aromatic rings. The Morgan fingerprint density at radius 3 is 2.94 bits per heavy atom. The minimum absolute atomic E-state index is 0.198. The standard InChI is InChI=1S/C27H31N5O4/c28-14-21-13-20(3-4-25(21)36-22-5-7-32(17-22)26(34)18-33)24-16-30-27-23(24)12-19(15-29-27)2-1-6-31-8-10-35-11-9-31/h3-4,12-13,15-16,22,33H,1-2,5-11,17-18H2,(H,29,30)/t22-/m1/s1. The number of aromatic nitrogens is 2. The lowest BCUT2D eigenvalue weighted by Crippen LogP contribution is -2.36. The molecule has 2 fully saturated rings. The zero-order chi connectivity index (χ0) is 24.9. The second kappa shape index (κ2) is 11.1. The molecule has 188 valence electrons. The lowest BCUT2D eigenvalue weighted by atomic mass is 10.0. The van der Waals surface area contributed by atoms with E-state index in [4.69, 9.17) is 14.6 Å². The average molecular weight is 490 g/mol.